The third-order valence-corrected chi connectivity index (χ3v) is 28.3. The molecular formula is C83H103F4N11O11S. The number of anilines is 3. The van der Waals surface area contributed by atoms with Crippen molar-refractivity contribution >= 4 is 57.9 Å². The average molecular weight is 1540 g/mol. The van der Waals surface area contributed by atoms with E-state index < -0.39 is 22.0 Å². The van der Waals surface area contributed by atoms with E-state index in [-0.39, 0.29) is 87.4 Å². The van der Waals surface area contributed by atoms with Gasteiger partial charge in [0, 0.05) is 121 Å². The molecule has 0 radical (unpaired) electrons. The number of carbonyl (C=O) groups is 5. The number of methoxy groups -OCH3 is 2. The molecular weight excluding hydrogens is 1440 g/mol. The number of benzene rings is 5. The smallest absolute Gasteiger partial charge is 0.410 e. The van der Waals surface area contributed by atoms with Crippen molar-refractivity contribution in [2.45, 2.75) is 187 Å². The largest absolute Gasteiger partial charge is 0.497 e. The van der Waals surface area contributed by atoms with Gasteiger partial charge >= 0.3 is 18.3 Å². The van der Waals surface area contributed by atoms with E-state index in [1.54, 1.807) is 86.6 Å². The van der Waals surface area contributed by atoms with Gasteiger partial charge in [-0.2, -0.15) is 5.10 Å². The summed E-state index contributed by atoms with van der Waals surface area (Å²) in [4.78, 5) is 80.9. The molecule has 0 saturated carbocycles. The Morgan fingerprint density at radius 2 is 0.900 bits per heavy atom. The van der Waals surface area contributed by atoms with Gasteiger partial charge in [0.05, 0.1) is 38.0 Å². The number of aromatic nitrogens is 2. The number of carbonyl (C=O) groups excluding carboxylic acids is 5. The molecule has 17 rings (SSSR count). The zero-order chi connectivity index (χ0) is 77.1. The van der Waals surface area contributed by atoms with Crippen LogP contribution in [0.2, 0.25) is 0 Å². The molecule has 22 nitrogen and oxygen atoms in total. The van der Waals surface area contributed by atoms with Gasteiger partial charge in [-0.1, -0.05) is 10.8 Å². The first-order valence-electron chi connectivity index (χ1n) is 39.4. The summed E-state index contributed by atoms with van der Waals surface area (Å²) in [5.41, 5.74) is 6.00. The first-order chi connectivity index (χ1) is 52.9. The van der Waals surface area contributed by atoms with Gasteiger partial charge in [-0.25, -0.2) is 31.9 Å². The lowest BCUT2D eigenvalue weighted by Gasteiger charge is -2.48. The number of hydrogen-bond acceptors (Lipinski definition) is 16. The minimum atomic E-state index is -3.44. The molecule has 11 aliphatic rings. The van der Waals surface area contributed by atoms with Gasteiger partial charge in [-0.05, 0) is 289 Å². The summed E-state index contributed by atoms with van der Waals surface area (Å²) < 4.78 is 103. The van der Waals surface area contributed by atoms with Crippen LogP contribution in [-0.2, 0) is 37.5 Å². The molecule has 3 spiro atoms. The number of halogens is 4. The Hall–Kier alpha value is -8.47. The summed E-state index contributed by atoms with van der Waals surface area (Å²) in [6.07, 6.45) is 14.2. The second-order valence-electron chi connectivity index (χ2n) is 32.2. The summed E-state index contributed by atoms with van der Waals surface area (Å²) in [6.45, 7) is 14.5. The molecule has 5 aromatic carbocycles. The van der Waals surface area contributed by atoms with Gasteiger partial charge in [0.25, 0.3) is 11.8 Å². The van der Waals surface area contributed by atoms with Crippen LogP contribution in [-0.4, -0.2) is 220 Å². The zero-order valence-corrected chi connectivity index (χ0v) is 64.7. The van der Waals surface area contributed by atoms with E-state index in [4.69, 9.17) is 18.9 Å². The summed E-state index contributed by atoms with van der Waals surface area (Å²) in [5, 5.41) is 4.40. The molecule has 12 heterocycles. The standard InChI is InChI=1S/C28H35F2N3O4S.C28H34FN3O4.C27H34FN5O3/c1-2-37-27(34)33-21-6-7-22(33)17-23(16-21)31-13-11-28(12-14-31)18-32(26-10-5-20(30)15-25(26)28)38(35,36)24-8-3-19(29)4-9-24;1-3-36-27(34)31-14-10-22(11-15-31)30-16-12-28(13-17-30)19-32(25-9-6-21(29)18-24(25)28)26(33)20-4-7-23(35-2)8-5-20;1-17-12-23(29-30(17)2)25(34)32-16-27(22-13-18(28)4-7-24(22)32)8-10-31(11-9-27)21-14-19-5-6-20(15-21)33(19)26(35)36-3/h3-5,8-10,15,21-23,35-36H,2,6-7,11-14,16-18H2,1H3;4-9,18,22H,3,10-17,19H2,1-2H3;4,7,12-13,19-21H,5-6,8-11,14-16H2,1-3H3. The summed E-state index contributed by atoms with van der Waals surface area (Å²) in [6, 6.07) is 30.6. The molecule has 27 heteroatoms. The van der Waals surface area contributed by atoms with E-state index in [2.05, 4.69) is 19.8 Å². The van der Waals surface area contributed by atoms with Crippen LogP contribution in [0.25, 0.3) is 0 Å². The lowest BCUT2D eigenvalue weighted by molar-refractivity contribution is 0.0282. The fourth-order valence-electron chi connectivity index (χ4n) is 20.6. The van der Waals surface area contributed by atoms with Crippen molar-refractivity contribution in [1.29, 1.82) is 0 Å². The van der Waals surface area contributed by atoms with Crippen molar-refractivity contribution in [3.63, 3.8) is 0 Å². The lowest BCUT2D eigenvalue weighted by Crippen LogP contribution is -2.55. The number of piperidine rings is 6. The van der Waals surface area contributed by atoms with E-state index in [0.29, 0.717) is 86.8 Å². The number of likely N-dealkylation sites (tertiary alicyclic amines) is 4. The highest BCUT2D eigenvalue weighted by molar-refractivity contribution is 8.25. The third-order valence-electron chi connectivity index (χ3n) is 26.5. The third kappa shape index (κ3) is 14.6. The second kappa shape index (κ2) is 31.2. The summed E-state index contributed by atoms with van der Waals surface area (Å²) in [7, 11) is 1.46. The quantitative estimate of drug-likeness (QED) is 0.0965. The minimum absolute atomic E-state index is 0.0730. The average Bonchev–Trinajstić information content (AvgIpc) is 1.56. The van der Waals surface area contributed by atoms with Gasteiger partial charge in [-0.15, -0.1) is 0 Å². The number of ether oxygens (including phenoxy) is 4. The van der Waals surface area contributed by atoms with Crippen molar-refractivity contribution in [3.05, 3.63) is 166 Å². The SMILES string of the molecule is CCOC(=O)N1C2CCC1CC(N1CCC3(CC1)CN(S(O)(O)c1ccc(F)cc1)c1ccc(F)cc13)C2.CCOC(=O)N1CCC(N2CCC3(CC2)CN(C(=O)c2ccc(OC)cc2)c2ccc(F)cc23)CC1.COC(=O)N1C2CCC1CC(N1CCC3(CC1)CN(C(=O)c1cc(C)n(C)n1)c1ccc(F)cc13)C2. The van der Waals surface area contributed by atoms with E-state index in [1.165, 1.54) is 49.6 Å². The number of hydrogen-bond donors (Lipinski definition) is 2. The topological polar surface area (TPSA) is 210 Å². The highest BCUT2D eigenvalue weighted by Crippen LogP contribution is 2.61. The fraction of sp³-hybridized carbons (Fsp3) is 0.542. The van der Waals surface area contributed by atoms with Gasteiger partial charge in [0.15, 0.2) is 5.69 Å². The van der Waals surface area contributed by atoms with Crippen LogP contribution >= 0.6 is 10.8 Å². The number of nitrogens with zero attached hydrogens (tertiary/aromatic N) is 11. The lowest BCUT2D eigenvalue weighted by atomic mass is 9.73. The molecule has 8 fully saturated rings. The maximum atomic E-state index is 14.5. The van der Waals surface area contributed by atoms with Crippen LogP contribution < -0.4 is 18.8 Å². The maximum absolute atomic E-state index is 14.5. The Morgan fingerprint density at radius 3 is 1.35 bits per heavy atom. The first kappa shape index (κ1) is 76.9. The molecule has 590 valence electrons. The highest BCUT2D eigenvalue weighted by atomic mass is 32.3. The Balaban J connectivity index is 0.000000131. The van der Waals surface area contributed by atoms with Crippen molar-refractivity contribution in [3.8, 4) is 5.75 Å². The molecule has 11 aliphatic heterocycles. The van der Waals surface area contributed by atoms with E-state index in [1.807, 2.05) is 48.6 Å². The van der Waals surface area contributed by atoms with Crippen LogP contribution in [0, 0.1) is 30.2 Å². The number of rotatable bonds is 10. The zero-order valence-electron chi connectivity index (χ0n) is 63.8. The molecule has 1 aromatic heterocycles. The number of amides is 5. The number of aryl methyl sites for hydroxylation is 2. The Morgan fingerprint density at radius 1 is 0.482 bits per heavy atom. The Labute approximate surface area is 642 Å². The van der Waals surface area contributed by atoms with E-state index >= 15 is 0 Å². The predicted octanol–water partition coefficient (Wildman–Crippen LogP) is 14.1. The molecule has 110 heavy (non-hydrogen) atoms. The number of fused-ring (bicyclic) bond motifs is 10. The first-order valence-corrected chi connectivity index (χ1v) is 40.9. The van der Waals surface area contributed by atoms with Crippen LogP contribution in [0.4, 0.5) is 49.0 Å². The van der Waals surface area contributed by atoms with Gasteiger partial charge in [0.2, 0.25) is 0 Å². The normalized spacial score (nSPS) is 24.7. The van der Waals surface area contributed by atoms with Crippen molar-refractivity contribution in [2.75, 3.05) is 114 Å². The Bertz CT molecular complexity index is 4340. The fourth-order valence-corrected chi connectivity index (χ4v) is 22.2. The molecule has 4 atom stereocenters. The highest BCUT2D eigenvalue weighted by Gasteiger charge is 2.54. The monoisotopic (exact) mass is 1540 g/mol. The molecule has 0 aliphatic carbocycles. The van der Waals surface area contributed by atoms with Crippen LogP contribution in [0.15, 0.2) is 114 Å². The molecule has 4 bridgehead atoms. The van der Waals surface area contributed by atoms with Crippen molar-refractivity contribution in [1.82, 2.24) is 39.2 Å². The summed E-state index contributed by atoms with van der Waals surface area (Å²) in [5.74, 6) is -0.807. The molecule has 4 unspecified atom stereocenters. The molecule has 8 saturated heterocycles. The van der Waals surface area contributed by atoms with Crippen molar-refractivity contribution in [2.24, 2.45) is 7.05 Å². The van der Waals surface area contributed by atoms with Gasteiger partial charge in [-0.3, -0.25) is 27.7 Å². The van der Waals surface area contributed by atoms with Crippen LogP contribution in [0.5, 0.6) is 5.75 Å². The molecule has 5 amide bonds. The van der Waals surface area contributed by atoms with Crippen LogP contribution in [0.1, 0.15) is 160 Å². The van der Waals surface area contributed by atoms with Gasteiger partial charge in [0.1, 0.15) is 29.0 Å². The van der Waals surface area contributed by atoms with E-state index in [9.17, 15) is 50.6 Å². The second-order valence-corrected chi connectivity index (χ2v) is 34.1. The maximum Gasteiger partial charge on any atom is 0.410 e. The predicted molar refractivity (Wildman–Crippen MR) is 410 cm³/mol. The minimum Gasteiger partial charge on any atom is -0.497 e. The molecule has 2 N–H and O–H groups in total. The van der Waals surface area contributed by atoms with Gasteiger partial charge < -0.3 is 58.1 Å². The summed E-state index contributed by atoms with van der Waals surface area (Å²) >= 11 is 0. The van der Waals surface area contributed by atoms with Crippen molar-refractivity contribution < 1.29 is 69.6 Å². The van der Waals surface area contributed by atoms with Crippen LogP contribution in [0.3, 0.4) is 0 Å². The Kier molecular flexibility index (Phi) is 21.8. The molecule has 6 aromatic rings. The van der Waals surface area contributed by atoms with E-state index in [0.717, 1.165) is 176 Å².